The molecule has 0 aliphatic carbocycles. The minimum absolute atomic E-state index is 0.261. The molecule has 0 bridgehead atoms. The normalized spacial score (nSPS) is 10.5. The number of hydrogen-bond donors (Lipinski definition) is 1. The molecule has 0 amide bonds. The Morgan fingerprint density at radius 2 is 2.00 bits per heavy atom. The van der Waals surface area contributed by atoms with Crippen LogP contribution in [-0.2, 0) is 6.54 Å². The summed E-state index contributed by atoms with van der Waals surface area (Å²) in [6.45, 7) is 3.39. The van der Waals surface area contributed by atoms with Crippen molar-refractivity contribution in [3.63, 3.8) is 0 Å². The van der Waals surface area contributed by atoms with E-state index in [9.17, 15) is 4.39 Å². The topological polar surface area (TPSA) is 41.1 Å². The Morgan fingerprint density at radius 1 is 1.26 bits per heavy atom. The lowest BCUT2D eigenvalue weighted by Gasteiger charge is -2.20. The average Bonchev–Trinajstić information content (AvgIpc) is 2.42. The lowest BCUT2D eigenvalue weighted by molar-refractivity contribution is 0.627. The molecule has 4 nitrogen and oxygen atoms in total. The molecule has 1 aromatic carbocycles. The van der Waals surface area contributed by atoms with E-state index in [0.717, 1.165) is 17.8 Å². The number of rotatable bonds is 5. The highest BCUT2D eigenvalue weighted by Gasteiger charge is 2.10. The molecule has 100 valence electrons. The van der Waals surface area contributed by atoms with Crippen molar-refractivity contribution in [1.82, 2.24) is 15.3 Å². The molecule has 0 aliphatic heterocycles. The summed E-state index contributed by atoms with van der Waals surface area (Å²) in [5.41, 5.74) is 1.77. The largest absolute Gasteiger partial charge is 0.316 e. The first-order chi connectivity index (χ1) is 9.24. The molecule has 2 rings (SSSR count). The lowest BCUT2D eigenvalue weighted by atomic mass is 10.3. The van der Waals surface area contributed by atoms with Gasteiger partial charge in [0, 0.05) is 36.7 Å². The van der Waals surface area contributed by atoms with Crippen molar-refractivity contribution in [3.05, 3.63) is 48.0 Å². The lowest BCUT2D eigenvalue weighted by Crippen LogP contribution is -2.19. The van der Waals surface area contributed by atoms with Gasteiger partial charge in [0.25, 0.3) is 0 Å². The molecule has 0 radical (unpaired) electrons. The van der Waals surface area contributed by atoms with Gasteiger partial charge in [-0.05, 0) is 32.2 Å². The van der Waals surface area contributed by atoms with Crippen molar-refractivity contribution >= 4 is 11.6 Å². The maximum atomic E-state index is 13.3. The quantitative estimate of drug-likeness (QED) is 0.896. The van der Waals surface area contributed by atoms with E-state index in [1.165, 1.54) is 12.1 Å². The second-order valence-electron chi connectivity index (χ2n) is 4.15. The number of nitrogens with zero attached hydrogens (tertiary/aromatic N) is 3. The Labute approximate surface area is 112 Å². The van der Waals surface area contributed by atoms with E-state index < -0.39 is 0 Å². The van der Waals surface area contributed by atoms with Crippen LogP contribution in [0.1, 0.15) is 12.5 Å². The van der Waals surface area contributed by atoms with E-state index in [-0.39, 0.29) is 5.82 Å². The van der Waals surface area contributed by atoms with E-state index in [0.29, 0.717) is 12.5 Å². The monoisotopic (exact) mass is 260 g/mol. The van der Waals surface area contributed by atoms with E-state index in [1.807, 2.05) is 24.9 Å². The van der Waals surface area contributed by atoms with Crippen LogP contribution >= 0.6 is 0 Å². The van der Waals surface area contributed by atoms with Gasteiger partial charge in [0.05, 0.1) is 0 Å². The van der Waals surface area contributed by atoms with Crippen molar-refractivity contribution in [1.29, 1.82) is 0 Å². The van der Waals surface area contributed by atoms with Crippen LogP contribution in [0.25, 0.3) is 0 Å². The first-order valence-electron chi connectivity index (χ1n) is 6.23. The molecule has 0 fully saturated rings. The molecule has 1 N–H and O–H groups in total. The minimum Gasteiger partial charge on any atom is -0.316 e. The van der Waals surface area contributed by atoms with Crippen LogP contribution in [-0.4, -0.2) is 23.6 Å². The van der Waals surface area contributed by atoms with Gasteiger partial charge in [-0.2, -0.15) is 0 Å². The number of hydrogen-bond acceptors (Lipinski definition) is 4. The summed E-state index contributed by atoms with van der Waals surface area (Å²) in [4.78, 5) is 10.5. The van der Waals surface area contributed by atoms with Crippen LogP contribution < -0.4 is 10.2 Å². The second-order valence-corrected chi connectivity index (χ2v) is 4.15. The Hall–Kier alpha value is -2.01. The molecule has 0 saturated carbocycles. The molecule has 19 heavy (non-hydrogen) atoms. The summed E-state index contributed by atoms with van der Waals surface area (Å²) >= 11 is 0. The third-order valence-corrected chi connectivity index (χ3v) is 2.75. The molecule has 5 heteroatoms. The van der Waals surface area contributed by atoms with Crippen molar-refractivity contribution < 1.29 is 4.39 Å². The van der Waals surface area contributed by atoms with Gasteiger partial charge in [0.1, 0.15) is 5.82 Å². The molecule has 0 saturated heterocycles. The molecule has 1 aromatic heterocycles. The van der Waals surface area contributed by atoms with E-state index in [1.54, 1.807) is 18.5 Å². The summed E-state index contributed by atoms with van der Waals surface area (Å²) in [6, 6.07) is 6.43. The zero-order chi connectivity index (χ0) is 13.7. The molecule has 1 heterocycles. The molecule has 0 spiro atoms. The highest BCUT2D eigenvalue weighted by atomic mass is 19.1. The first-order valence-corrected chi connectivity index (χ1v) is 6.23. The van der Waals surface area contributed by atoms with Crippen LogP contribution in [0.2, 0.25) is 0 Å². The van der Waals surface area contributed by atoms with Gasteiger partial charge in [-0.15, -0.1) is 0 Å². The number of benzene rings is 1. The summed E-state index contributed by atoms with van der Waals surface area (Å²) < 4.78 is 13.3. The fourth-order valence-electron chi connectivity index (χ4n) is 1.87. The van der Waals surface area contributed by atoms with Crippen molar-refractivity contribution in [2.45, 2.75) is 13.5 Å². The zero-order valence-electron chi connectivity index (χ0n) is 11.1. The minimum atomic E-state index is -0.261. The Kier molecular flexibility index (Phi) is 4.41. The fraction of sp³-hybridized carbons (Fsp3) is 0.286. The van der Waals surface area contributed by atoms with E-state index >= 15 is 0 Å². The third-order valence-electron chi connectivity index (χ3n) is 2.75. The Bertz CT molecular complexity index is 527. The molecule has 0 aliphatic rings. The van der Waals surface area contributed by atoms with Crippen molar-refractivity contribution in [2.75, 3.05) is 18.5 Å². The third kappa shape index (κ3) is 3.26. The first kappa shape index (κ1) is 13.4. The maximum Gasteiger partial charge on any atom is 0.229 e. The molecular formula is C14H17FN4. The smallest absolute Gasteiger partial charge is 0.229 e. The molecular weight excluding hydrogens is 243 g/mol. The Morgan fingerprint density at radius 3 is 2.58 bits per heavy atom. The Balaban J connectivity index is 2.26. The molecule has 0 atom stereocenters. The summed E-state index contributed by atoms with van der Waals surface area (Å²) in [5.74, 6) is 0.315. The van der Waals surface area contributed by atoms with Crippen molar-refractivity contribution in [2.24, 2.45) is 0 Å². The number of aromatic nitrogens is 2. The molecule has 0 unspecified atom stereocenters. The fourth-order valence-corrected chi connectivity index (χ4v) is 1.87. The van der Waals surface area contributed by atoms with E-state index in [4.69, 9.17) is 0 Å². The predicted molar refractivity (Wildman–Crippen MR) is 73.9 cm³/mol. The number of nitrogens with one attached hydrogen (secondary N) is 1. The van der Waals surface area contributed by atoms with Gasteiger partial charge in [0.15, 0.2) is 0 Å². The average molecular weight is 260 g/mol. The number of anilines is 2. The van der Waals surface area contributed by atoms with Gasteiger partial charge in [-0.1, -0.05) is 6.07 Å². The standard InChI is InChI=1S/C14H17FN4/c1-3-19(13-6-4-5-12(15)7-13)14-17-9-11(8-16-2)10-18-14/h4-7,9-10,16H,3,8H2,1-2H3. The van der Waals surface area contributed by atoms with Gasteiger partial charge in [-0.3, -0.25) is 0 Å². The van der Waals surface area contributed by atoms with Gasteiger partial charge in [-0.25, -0.2) is 14.4 Å². The van der Waals surface area contributed by atoms with E-state index in [2.05, 4.69) is 15.3 Å². The highest BCUT2D eigenvalue weighted by molar-refractivity contribution is 5.56. The molecule has 2 aromatic rings. The zero-order valence-corrected chi connectivity index (χ0v) is 11.1. The summed E-state index contributed by atoms with van der Waals surface area (Å²) in [7, 11) is 1.87. The van der Waals surface area contributed by atoms with Crippen LogP contribution in [0, 0.1) is 5.82 Å². The maximum absolute atomic E-state index is 13.3. The van der Waals surface area contributed by atoms with Gasteiger partial charge >= 0.3 is 0 Å². The van der Waals surface area contributed by atoms with Crippen LogP contribution in [0.4, 0.5) is 16.0 Å². The SMILES string of the molecule is CCN(c1cccc(F)c1)c1ncc(CNC)cn1. The predicted octanol–water partition coefficient (Wildman–Crippen LogP) is 2.49. The number of halogens is 1. The van der Waals surface area contributed by atoms with Gasteiger partial charge in [0.2, 0.25) is 5.95 Å². The van der Waals surface area contributed by atoms with Gasteiger partial charge < -0.3 is 10.2 Å². The second kappa shape index (κ2) is 6.24. The summed E-state index contributed by atoms with van der Waals surface area (Å²) in [5, 5.41) is 3.04. The van der Waals surface area contributed by atoms with Crippen LogP contribution in [0.3, 0.4) is 0 Å². The van der Waals surface area contributed by atoms with Crippen LogP contribution in [0.15, 0.2) is 36.7 Å². The highest BCUT2D eigenvalue weighted by Crippen LogP contribution is 2.21. The summed E-state index contributed by atoms with van der Waals surface area (Å²) in [6.07, 6.45) is 3.56. The van der Waals surface area contributed by atoms with Crippen molar-refractivity contribution in [3.8, 4) is 0 Å². The van der Waals surface area contributed by atoms with Crippen LogP contribution in [0.5, 0.6) is 0 Å².